The van der Waals surface area contributed by atoms with Gasteiger partial charge in [-0.05, 0) is 6.92 Å². The molecule has 0 fully saturated rings. The lowest BCUT2D eigenvalue weighted by molar-refractivity contribution is 0.0966. The highest BCUT2D eigenvalue weighted by atomic mass is 16.5. The van der Waals surface area contributed by atoms with Crippen LogP contribution in [-0.2, 0) is 0 Å². The molecule has 0 amide bonds. The molecule has 0 aliphatic carbocycles. The van der Waals surface area contributed by atoms with Gasteiger partial charge in [0.25, 0.3) is 5.89 Å². The van der Waals surface area contributed by atoms with Crippen LogP contribution in [0.2, 0.25) is 0 Å². The van der Waals surface area contributed by atoms with Gasteiger partial charge < -0.3 is 4.52 Å². The minimum absolute atomic E-state index is 0.0110. The number of ketones is 1. The molecule has 0 bridgehead atoms. The summed E-state index contributed by atoms with van der Waals surface area (Å²) >= 11 is 0. The number of nitrogens with zero attached hydrogens (tertiary/aromatic N) is 3. The summed E-state index contributed by atoms with van der Waals surface area (Å²) in [6.07, 6.45) is 0. The van der Waals surface area contributed by atoms with Crippen molar-refractivity contribution in [1.29, 1.82) is 5.26 Å². The van der Waals surface area contributed by atoms with Crippen LogP contribution in [0.25, 0.3) is 11.4 Å². The Morgan fingerprint density at radius 3 is 2.48 bits per heavy atom. The van der Waals surface area contributed by atoms with E-state index >= 15 is 0 Å². The maximum atomic E-state index is 12.4. The topological polar surface area (TPSA) is 79.8 Å². The molecule has 112 valence electrons. The standard InChI is InChI=1S/C18H13N3O2/c1-12-7-9-14(10-8-12)17-20-18(23-21-17)15(11-19)16(22)13-5-3-2-4-6-13/h2-10,15H,1H3/t15-/m0/s1. The van der Waals surface area contributed by atoms with Crippen LogP contribution in [0, 0.1) is 18.3 Å². The first-order chi connectivity index (χ1) is 11.2. The summed E-state index contributed by atoms with van der Waals surface area (Å²) in [5.41, 5.74) is 2.33. The van der Waals surface area contributed by atoms with Crippen molar-refractivity contribution in [3.63, 3.8) is 0 Å². The molecule has 0 saturated carbocycles. The van der Waals surface area contributed by atoms with Gasteiger partial charge in [0, 0.05) is 11.1 Å². The Morgan fingerprint density at radius 2 is 1.83 bits per heavy atom. The van der Waals surface area contributed by atoms with Crippen LogP contribution in [0.3, 0.4) is 0 Å². The number of carbonyl (C=O) groups excluding carboxylic acids is 1. The lowest BCUT2D eigenvalue weighted by Gasteiger charge is -2.02. The Balaban J connectivity index is 1.90. The molecule has 3 aromatic rings. The quantitative estimate of drug-likeness (QED) is 0.689. The molecule has 0 unspecified atom stereocenters. The molecule has 2 aromatic carbocycles. The average molecular weight is 303 g/mol. The van der Waals surface area contributed by atoms with Crippen LogP contribution in [0.1, 0.15) is 27.7 Å². The minimum atomic E-state index is -1.11. The zero-order valence-corrected chi connectivity index (χ0v) is 12.4. The molecule has 0 aliphatic heterocycles. The van der Waals surface area contributed by atoms with Gasteiger partial charge in [0.2, 0.25) is 5.82 Å². The van der Waals surface area contributed by atoms with Crippen LogP contribution >= 0.6 is 0 Å². The fraction of sp³-hybridized carbons (Fsp3) is 0.111. The van der Waals surface area contributed by atoms with Crippen molar-refractivity contribution in [2.45, 2.75) is 12.8 Å². The number of carbonyl (C=O) groups is 1. The van der Waals surface area contributed by atoms with Gasteiger partial charge >= 0.3 is 0 Å². The predicted octanol–water partition coefficient (Wildman–Crippen LogP) is 3.54. The number of benzene rings is 2. The summed E-state index contributed by atoms with van der Waals surface area (Å²) in [6.45, 7) is 1.98. The second-order valence-corrected chi connectivity index (χ2v) is 5.11. The molecule has 1 heterocycles. The van der Waals surface area contributed by atoms with E-state index < -0.39 is 5.92 Å². The van der Waals surface area contributed by atoms with Gasteiger partial charge in [0.1, 0.15) is 0 Å². The lowest BCUT2D eigenvalue weighted by Crippen LogP contribution is -2.11. The maximum absolute atomic E-state index is 12.4. The summed E-state index contributed by atoms with van der Waals surface area (Å²) in [5, 5.41) is 13.2. The van der Waals surface area contributed by atoms with Crippen molar-refractivity contribution in [2.24, 2.45) is 0 Å². The molecule has 5 nitrogen and oxygen atoms in total. The fourth-order valence-electron chi connectivity index (χ4n) is 2.17. The fourth-order valence-corrected chi connectivity index (χ4v) is 2.17. The number of hydrogen-bond donors (Lipinski definition) is 0. The molecule has 0 N–H and O–H groups in total. The summed E-state index contributed by atoms with van der Waals surface area (Å²) in [6, 6.07) is 18.1. The van der Waals surface area contributed by atoms with Gasteiger partial charge in [-0.2, -0.15) is 10.2 Å². The highest BCUT2D eigenvalue weighted by Crippen LogP contribution is 2.23. The van der Waals surface area contributed by atoms with Crippen molar-refractivity contribution in [2.75, 3.05) is 0 Å². The molecule has 23 heavy (non-hydrogen) atoms. The average Bonchev–Trinajstić information content (AvgIpc) is 3.06. The lowest BCUT2D eigenvalue weighted by atomic mass is 9.99. The van der Waals surface area contributed by atoms with E-state index in [1.54, 1.807) is 30.3 Å². The molecule has 0 radical (unpaired) electrons. The van der Waals surface area contributed by atoms with E-state index in [1.165, 1.54) is 0 Å². The van der Waals surface area contributed by atoms with Crippen molar-refractivity contribution < 1.29 is 9.32 Å². The van der Waals surface area contributed by atoms with E-state index in [9.17, 15) is 10.1 Å². The Bertz CT molecular complexity index is 861. The second kappa shape index (κ2) is 6.24. The Kier molecular flexibility index (Phi) is 3.98. The molecular weight excluding hydrogens is 290 g/mol. The van der Waals surface area contributed by atoms with Crippen LogP contribution in [0.15, 0.2) is 59.1 Å². The van der Waals surface area contributed by atoms with E-state index in [0.717, 1.165) is 11.1 Å². The maximum Gasteiger partial charge on any atom is 0.252 e. The summed E-state index contributed by atoms with van der Waals surface area (Å²) in [4.78, 5) is 16.6. The first-order valence-corrected chi connectivity index (χ1v) is 7.08. The SMILES string of the molecule is Cc1ccc(-c2noc([C@@H](C#N)C(=O)c3ccccc3)n2)cc1. The van der Waals surface area contributed by atoms with E-state index in [2.05, 4.69) is 10.1 Å². The third-order valence-corrected chi connectivity index (χ3v) is 3.45. The van der Waals surface area contributed by atoms with Crippen molar-refractivity contribution >= 4 is 5.78 Å². The zero-order valence-electron chi connectivity index (χ0n) is 12.4. The van der Waals surface area contributed by atoms with Gasteiger partial charge in [-0.3, -0.25) is 4.79 Å². The second-order valence-electron chi connectivity index (χ2n) is 5.11. The Labute approximate surface area is 133 Å². The van der Waals surface area contributed by atoms with E-state index in [0.29, 0.717) is 11.4 Å². The molecular formula is C18H13N3O2. The highest BCUT2D eigenvalue weighted by molar-refractivity contribution is 6.02. The van der Waals surface area contributed by atoms with Gasteiger partial charge in [-0.15, -0.1) is 0 Å². The molecule has 0 aliphatic rings. The summed E-state index contributed by atoms with van der Waals surface area (Å²) in [7, 11) is 0. The van der Waals surface area contributed by atoms with Gasteiger partial charge in [-0.25, -0.2) is 0 Å². The van der Waals surface area contributed by atoms with Gasteiger partial charge in [-0.1, -0.05) is 65.3 Å². The molecule has 0 saturated heterocycles. The zero-order chi connectivity index (χ0) is 16.2. The third kappa shape index (κ3) is 3.01. The van der Waals surface area contributed by atoms with Crippen molar-refractivity contribution in [3.8, 4) is 17.5 Å². The first-order valence-electron chi connectivity index (χ1n) is 7.08. The number of aromatic nitrogens is 2. The van der Waals surface area contributed by atoms with E-state index in [1.807, 2.05) is 37.3 Å². The van der Waals surface area contributed by atoms with Gasteiger partial charge in [0.05, 0.1) is 6.07 Å². The van der Waals surface area contributed by atoms with E-state index in [-0.39, 0.29) is 11.7 Å². The molecule has 1 atom stereocenters. The Morgan fingerprint density at radius 1 is 1.13 bits per heavy atom. The van der Waals surface area contributed by atoms with E-state index in [4.69, 9.17) is 4.52 Å². The summed E-state index contributed by atoms with van der Waals surface area (Å²) in [5.74, 6) is -1.09. The number of aryl methyl sites for hydroxylation is 1. The minimum Gasteiger partial charge on any atom is -0.337 e. The predicted molar refractivity (Wildman–Crippen MR) is 83.6 cm³/mol. The third-order valence-electron chi connectivity index (χ3n) is 3.45. The van der Waals surface area contributed by atoms with Crippen LogP contribution in [-0.4, -0.2) is 15.9 Å². The number of hydrogen-bond acceptors (Lipinski definition) is 5. The van der Waals surface area contributed by atoms with Gasteiger partial charge in [0.15, 0.2) is 11.7 Å². The monoisotopic (exact) mass is 303 g/mol. The Hall–Kier alpha value is -3.26. The molecule has 1 aromatic heterocycles. The molecule has 3 rings (SSSR count). The van der Waals surface area contributed by atoms with Crippen LogP contribution < -0.4 is 0 Å². The first kappa shape index (κ1) is 14.7. The smallest absolute Gasteiger partial charge is 0.252 e. The van der Waals surface area contributed by atoms with Crippen molar-refractivity contribution in [3.05, 3.63) is 71.6 Å². The molecule has 0 spiro atoms. The van der Waals surface area contributed by atoms with Crippen molar-refractivity contribution in [1.82, 2.24) is 10.1 Å². The normalized spacial score (nSPS) is 11.7. The number of nitriles is 1. The van der Waals surface area contributed by atoms with Crippen LogP contribution in [0.5, 0.6) is 0 Å². The molecule has 5 heteroatoms. The number of Topliss-reactive ketones (excluding diaryl/α,β-unsaturated/α-hetero) is 1. The summed E-state index contributed by atoms with van der Waals surface area (Å²) < 4.78 is 5.14. The highest BCUT2D eigenvalue weighted by Gasteiger charge is 2.27. The van der Waals surface area contributed by atoms with Crippen LogP contribution in [0.4, 0.5) is 0 Å². The largest absolute Gasteiger partial charge is 0.337 e. The number of rotatable bonds is 4.